The molecule has 2 aromatic rings. The average molecular weight is 285 g/mol. The molecule has 0 saturated carbocycles. The van der Waals surface area contributed by atoms with E-state index in [1.54, 1.807) is 0 Å². The highest BCUT2D eigenvalue weighted by molar-refractivity contribution is 5.81. The smallest absolute Gasteiger partial charge is 0.163 e. The van der Waals surface area contributed by atoms with Gasteiger partial charge in [-0.05, 0) is 6.92 Å². The van der Waals surface area contributed by atoms with Gasteiger partial charge < -0.3 is 14.0 Å². The molecule has 1 atom stereocenters. The number of fused-ring (bicyclic) bond motifs is 2. The third-order valence-electron chi connectivity index (χ3n) is 3.63. The highest BCUT2D eigenvalue weighted by atomic mass is 16.6. The van der Waals surface area contributed by atoms with Crippen LogP contribution in [-0.2, 0) is 6.54 Å². The minimum Gasteiger partial charge on any atom is -0.486 e. The Hall–Kier alpha value is -2.22. The van der Waals surface area contributed by atoms with Crippen molar-refractivity contribution in [3.8, 4) is 17.6 Å². The van der Waals surface area contributed by atoms with Gasteiger partial charge in [0.2, 0.25) is 0 Å². The third-order valence-corrected chi connectivity index (χ3v) is 3.63. The maximum Gasteiger partial charge on any atom is 0.163 e. The molecule has 0 N–H and O–H groups in total. The lowest BCUT2D eigenvalue weighted by Gasteiger charge is -2.18. The van der Waals surface area contributed by atoms with E-state index in [9.17, 15) is 0 Å². The predicted octanol–water partition coefficient (Wildman–Crippen LogP) is 3.09. The minimum atomic E-state index is -0.0619. The zero-order valence-corrected chi connectivity index (χ0v) is 12.6. The number of nitrogens with zero attached hydrogens (tertiary/aromatic N) is 3. The summed E-state index contributed by atoms with van der Waals surface area (Å²) in [5.74, 6) is 2.74. The van der Waals surface area contributed by atoms with Crippen LogP contribution in [0.1, 0.15) is 32.5 Å². The van der Waals surface area contributed by atoms with Crippen molar-refractivity contribution in [3.05, 3.63) is 18.0 Å². The van der Waals surface area contributed by atoms with Crippen LogP contribution >= 0.6 is 0 Å². The summed E-state index contributed by atoms with van der Waals surface area (Å²) in [5.41, 5.74) is 1.90. The second-order valence-electron chi connectivity index (χ2n) is 5.75. The predicted molar refractivity (Wildman–Crippen MR) is 79.6 cm³/mol. The Bertz CT molecular complexity index is 712. The molecule has 1 aromatic heterocycles. The van der Waals surface area contributed by atoms with Gasteiger partial charge in [-0.2, -0.15) is 5.26 Å². The molecule has 1 unspecified atom stereocenters. The van der Waals surface area contributed by atoms with E-state index in [-0.39, 0.29) is 5.92 Å². The Morgan fingerprint density at radius 1 is 1.24 bits per heavy atom. The topological polar surface area (TPSA) is 60.1 Å². The normalized spacial score (nSPS) is 15.2. The van der Waals surface area contributed by atoms with Gasteiger partial charge in [0.15, 0.2) is 11.5 Å². The van der Waals surface area contributed by atoms with Crippen molar-refractivity contribution in [2.24, 2.45) is 5.92 Å². The highest BCUT2D eigenvalue weighted by Gasteiger charge is 2.20. The van der Waals surface area contributed by atoms with E-state index in [1.807, 2.05) is 19.1 Å². The van der Waals surface area contributed by atoms with Crippen molar-refractivity contribution in [2.45, 2.75) is 33.2 Å². The molecule has 0 radical (unpaired) electrons. The van der Waals surface area contributed by atoms with Crippen LogP contribution in [0, 0.1) is 17.2 Å². The SMILES string of the molecule is CC(C#N)Cn1c(C(C)C)nc2cc3c(cc21)OCCO3. The van der Waals surface area contributed by atoms with Gasteiger partial charge in [-0.15, -0.1) is 0 Å². The summed E-state index contributed by atoms with van der Waals surface area (Å²) < 4.78 is 13.4. The lowest BCUT2D eigenvalue weighted by molar-refractivity contribution is 0.172. The van der Waals surface area contributed by atoms with E-state index in [0.717, 1.165) is 28.4 Å². The van der Waals surface area contributed by atoms with Crippen LogP contribution in [0.15, 0.2) is 12.1 Å². The molecule has 5 heteroatoms. The summed E-state index contributed by atoms with van der Waals surface area (Å²) in [7, 11) is 0. The molecule has 0 fully saturated rings. The first-order valence-corrected chi connectivity index (χ1v) is 7.29. The molecule has 1 aliphatic heterocycles. The molecule has 5 nitrogen and oxygen atoms in total. The van der Waals surface area contributed by atoms with E-state index < -0.39 is 0 Å². The van der Waals surface area contributed by atoms with Gasteiger partial charge >= 0.3 is 0 Å². The van der Waals surface area contributed by atoms with E-state index in [4.69, 9.17) is 19.7 Å². The van der Waals surface area contributed by atoms with Gasteiger partial charge in [0.1, 0.15) is 19.0 Å². The van der Waals surface area contributed by atoms with E-state index >= 15 is 0 Å². The molecular formula is C16H19N3O2. The second kappa shape index (κ2) is 5.28. The lowest BCUT2D eigenvalue weighted by Crippen LogP contribution is -2.15. The van der Waals surface area contributed by atoms with E-state index in [2.05, 4.69) is 24.5 Å². The number of imidazole rings is 1. The molecule has 1 aliphatic rings. The highest BCUT2D eigenvalue weighted by Crippen LogP contribution is 2.35. The molecule has 0 saturated heterocycles. The molecular weight excluding hydrogens is 266 g/mol. The minimum absolute atomic E-state index is 0.0619. The van der Waals surface area contributed by atoms with Gasteiger partial charge in [0, 0.05) is 24.6 Å². The zero-order valence-electron chi connectivity index (χ0n) is 12.6. The van der Waals surface area contributed by atoms with Gasteiger partial charge in [0.05, 0.1) is 23.0 Å². The molecule has 0 aliphatic carbocycles. The molecule has 2 heterocycles. The fourth-order valence-electron chi connectivity index (χ4n) is 2.63. The number of ether oxygens (including phenoxy) is 2. The number of nitriles is 1. The molecule has 110 valence electrons. The summed E-state index contributed by atoms with van der Waals surface area (Å²) >= 11 is 0. The van der Waals surface area contributed by atoms with Crippen molar-refractivity contribution >= 4 is 11.0 Å². The fraction of sp³-hybridized carbons (Fsp3) is 0.500. The zero-order chi connectivity index (χ0) is 15.0. The largest absolute Gasteiger partial charge is 0.486 e. The average Bonchev–Trinajstić information content (AvgIpc) is 2.83. The lowest BCUT2D eigenvalue weighted by atomic mass is 10.1. The molecule has 0 bridgehead atoms. The third kappa shape index (κ3) is 2.42. The Morgan fingerprint density at radius 2 is 1.90 bits per heavy atom. The number of hydrogen-bond donors (Lipinski definition) is 0. The van der Waals surface area contributed by atoms with Crippen LogP contribution in [-0.4, -0.2) is 22.8 Å². The first-order chi connectivity index (χ1) is 10.1. The summed E-state index contributed by atoms with van der Waals surface area (Å²) in [6.07, 6.45) is 0. The maximum absolute atomic E-state index is 9.10. The van der Waals surface area contributed by atoms with Crippen molar-refractivity contribution in [3.63, 3.8) is 0 Å². The maximum atomic E-state index is 9.10. The van der Waals surface area contributed by atoms with Crippen LogP contribution in [0.5, 0.6) is 11.5 Å². The summed E-state index contributed by atoms with van der Waals surface area (Å²) in [6, 6.07) is 6.20. The monoisotopic (exact) mass is 285 g/mol. The van der Waals surface area contributed by atoms with Crippen LogP contribution in [0.4, 0.5) is 0 Å². The molecule has 1 aromatic carbocycles. The first kappa shape index (κ1) is 13.7. The number of rotatable bonds is 3. The quantitative estimate of drug-likeness (QED) is 0.869. The van der Waals surface area contributed by atoms with Gasteiger partial charge in [-0.3, -0.25) is 0 Å². The van der Waals surface area contributed by atoms with Crippen LogP contribution in [0.2, 0.25) is 0 Å². The Kier molecular flexibility index (Phi) is 3.46. The van der Waals surface area contributed by atoms with Gasteiger partial charge in [0.25, 0.3) is 0 Å². The Balaban J connectivity index is 2.17. The van der Waals surface area contributed by atoms with Crippen molar-refractivity contribution in [1.82, 2.24) is 9.55 Å². The summed E-state index contributed by atoms with van der Waals surface area (Å²) in [4.78, 5) is 4.73. The molecule has 0 spiro atoms. The Morgan fingerprint density at radius 3 is 2.52 bits per heavy atom. The second-order valence-corrected chi connectivity index (χ2v) is 5.75. The van der Waals surface area contributed by atoms with Crippen molar-refractivity contribution < 1.29 is 9.47 Å². The van der Waals surface area contributed by atoms with Crippen molar-refractivity contribution in [2.75, 3.05) is 13.2 Å². The summed E-state index contributed by atoms with van der Waals surface area (Å²) in [5, 5.41) is 9.10. The summed E-state index contributed by atoms with van der Waals surface area (Å²) in [6.45, 7) is 7.93. The Labute approximate surface area is 124 Å². The number of aromatic nitrogens is 2. The first-order valence-electron chi connectivity index (χ1n) is 7.29. The van der Waals surface area contributed by atoms with Gasteiger partial charge in [-0.25, -0.2) is 4.98 Å². The molecule has 21 heavy (non-hydrogen) atoms. The number of benzene rings is 1. The van der Waals surface area contributed by atoms with Crippen molar-refractivity contribution in [1.29, 1.82) is 5.26 Å². The molecule has 3 rings (SSSR count). The van der Waals surface area contributed by atoms with E-state index in [0.29, 0.717) is 25.7 Å². The van der Waals surface area contributed by atoms with E-state index in [1.165, 1.54) is 0 Å². The fourth-order valence-corrected chi connectivity index (χ4v) is 2.63. The standard InChI is InChI=1S/C16H19N3O2/c1-10(2)16-18-12-6-14-15(21-5-4-20-14)7-13(12)19(16)9-11(3)8-17/h6-7,10-11H,4-5,9H2,1-3H3. The van der Waals surface area contributed by atoms with Gasteiger partial charge in [-0.1, -0.05) is 13.8 Å². The van der Waals surface area contributed by atoms with Crippen LogP contribution in [0.25, 0.3) is 11.0 Å². The number of hydrogen-bond acceptors (Lipinski definition) is 4. The molecule has 0 amide bonds. The van der Waals surface area contributed by atoms with Crippen LogP contribution in [0.3, 0.4) is 0 Å². The van der Waals surface area contributed by atoms with Crippen LogP contribution < -0.4 is 9.47 Å².